The second kappa shape index (κ2) is 5.83. The molecule has 2 fully saturated rings. The topological polar surface area (TPSA) is 96.0 Å². The smallest absolute Gasteiger partial charge is 0.322 e. The number of carbonyl (C=O) groups excluding carboxylic acids is 2. The van der Waals surface area contributed by atoms with Crippen molar-refractivity contribution in [3.8, 4) is 0 Å². The van der Waals surface area contributed by atoms with Crippen LogP contribution in [0.5, 0.6) is 0 Å². The molecule has 0 bridgehead atoms. The molecule has 1 spiro atoms. The van der Waals surface area contributed by atoms with Crippen LogP contribution < -0.4 is 16.0 Å². The summed E-state index contributed by atoms with van der Waals surface area (Å²) in [6.45, 7) is 4.89. The number of urea groups is 1. The van der Waals surface area contributed by atoms with E-state index in [0.29, 0.717) is 18.9 Å². The fraction of sp³-hybridized carbons (Fsp3) is 0.714. The van der Waals surface area contributed by atoms with Crippen molar-refractivity contribution < 1.29 is 9.59 Å². The van der Waals surface area contributed by atoms with Gasteiger partial charge in [-0.1, -0.05) is 20.3 Å². The minimum atomic E-state index is -0.741. The quantitative estimate of drug-likeness (QED) is 0.714. The predicted molar refractivity (Wildman–Crippen MR) is 83.7 cm³/mol. The maximum Gasteiger partial charge on any atom is 0.322 e. The Hall–Kier alpha value is -1.70. The average Bonchev–Trinajstić information content (AvgIpc) is 3.09. The van der Waals surface area contributed by atoms with Crippen LogP contribution in [0.2, 0.25) is 0 Å². The fourth-order valence-corrected chi connectivity index (χ4v) is 3.91. The molecule has 3 rings (SSSR count). The minimum absolute atomic E-state index is 0.0800. The van der Waals surface area contributed by atoms with Crippen molar-refractivity contribution in [2.75, 3.05) is 11.9 Å². The number of amides is 3. The zero-order valence-corrected chi connectivity index (χ0v) is 13.6. The lowest BCUT2D eigenvalue weighted by molar-refractivity contribution is -0.125. The van der Waals surface area contributed by atoms with Crippen molar-refractivity contribution in [1.82, 2.24) is 20.0 Å². The second-order valence-electron chi connectivity index (χ2n) is 6.46. The molecule has 1 aliphatic heterocycles. The zero-order valence-electron chi connectivity index (χ0n) is 12.8. The van der Waals surface area contributed by atoms with Gasteiger partial charge in [0.1, 0.15) is 11.4 Å². The first kappa shape index (κ1) is 15.2. The van der Waals surface area contributed by atoms with Gasteiger partial charge < -0.3 is 10.6 Å². The molecule has 2 heterocycles. The lowest BCUT2D eigenvalue weighted by Crippen LogP contribution is -2.51. The van der Waals surface area contributed by atoms with E-state index < -0.39 is 5.54 Å². The molecule has 1 aliphatic carbocycles. The van der Waals surface area contributed by atoms with Gasteiger partial charge in [-0.2, -0.15) is 4.37 Å². The van der Waals surface area contributed by atoms with Gasteiger partial charge in [0.25, 0.3) is 5.91 Å². The van der Waals surface area contributed by atoms with Gasteiger partial charge in [0, 0.05) is 30.4 Å². The van der Waals surface area contributed by atoms with E-state index >= 15 is 0 Å². The van der Waals surface area contributed by atoms with Gasteiger partial charge in [-0.15, -0.1) is 0 Å². The summed E-state index contributed by atoms with van der Waals surface area (Å²) in [5, 5.41) is 9.25. The number of nitrogens with zero attached hydrogens (tertiary/aromatic N) is 2. The highest BCUT2D eigenvalue weighted by atomic mass is 32.1. The monoisotopic (exact) mass is 323 g/mol. The molecule has 1 aromatic heterocycles. The Balaban J connectivity index is 1.62. The predicted octanol–water partition coefficient (Wildman–Crippen LogP) is 1.53. The lowest BCUT2D eigenvalue weighted by atomic mass is 9.87. The number of imide groups is 1. The van der Waals surface area contributed by atoms with E-state index in [-0.39, 0.29) is 17.9 Å². The summed E-state index contributed by atoms with van der Waals surface area (Å²) in [6.07, 6.45) is 3.42. The molecule has 22 heavy (non-hydrogen) atoms. The Morgan fingerprint density at radius 3 is 2.95 bits per heavy atom. The van der Waals surface area contributed by atoms with Crippen molar-refractivity contribution >= 4 is 28.6 Å². The standard InChI is InChI=1S/C14H21N5O2S/c1-8(2)6-10-16-13(22-19-10)15-7-9-4-3-5-14(9)11(20)17-12(21)18-14/h8-9H,3-7H2,1-2H3,(H,15,16,19)(H2,17,18,20,21). The highest BCUT2D eigenvalue weighted by molar-refractivity contribution is 7.09. The SMILES string of the molecule is CC(C)Cc1nsc(NCC2CCCC23NC(=O)NC3=O)n1. The number of hydrogen-bond donors (Lipinski definition) is 3. The van der Waals surface area contributed by atoms with E-state index in [1.807, 2.05) is 0 Å². The van der Waals surface area contributed by atoms with Crippen molar-refractivity contribution in [2.24, 2.45) is 11.8 Å². The van der Waals surface area contributed by atoms with Crippen LogP contribution >= 0.6 is 11.5 Å². The minimum Gasteiger partial charge on any atom is -0.360 e. The highest BCUT2D eigenvalue weighted by Gasteiger charge is 2.54. The van der Waals surface area contributed by atoms with E-state index in [0.717, 1.165) is 30.2 Å². The van der Waals surface area contributed by atoms with Crippen LogP contribution in [0, 0.1) is 11.8 Å². The van der Waals surface area contributed by atoms with Gasteiger partial charge in [0.05, 0.1) is 0 Å². The normalized spacial score (nSPS) is 27.5. The zero-order chi connectivity index (χ0) is 15.7. The highest BCUT2D eigenvalue weighted by Crippen LogP contribution is 2.38. The van der Waals surface area contributed by atoms with Crippen molar-refractivity contribution in [3.05, 3.63) is 5.82 Å². The van der Waals surface area contributed by atoms with Gasteiger partial charge in [-0.05, 0) is 18.8 Å². The molecule has 0 radical (unpaired) electrons. The first-order valence-electron chi connectivity index (χ1n) is 7.69. The molecule has 3 amide bonds. The van der Waals surface area contributed by atoms with Crippen molar-refractivity contribution in [3.63, 3.8) is 0 Å². The summed E-state index contributed by atoms with van der Waals surface area (Å²) in [7, 11) is 0. The Labute approximate surface area is 133 Å². The number of anilines is 1. The van der Waals surface area contributed by atoms with Gasteiger partial charge in [-0.25, -0.2) is 9.78 Å². The molecular formula is C14H21N5O2S. The van der Waals surface area contributed by atoms with E-state index in [2.05, 4.69) is 39.2 Å². The van der Waals surface area contributed by atoms with Gasteiger partial charge >= 0.3 is 6.03 Å². The molecule has 8 heteroatoms. The van der Waals surface area contributed by atoms with Crippen LogP contribution in [0.25, 0.3) is 0 Å². The average molecular weight is 323 g/mol. The third-order valence-corrected chi connectivity index (χ3v) is 5.06. The van der Waals surface area contributed by atoms with Crippen LogP contribution in [0.15, 0.2) is 0 Å². The molecule has 1 aromatic rings. The molecule has 3 N–H and O–H groups in total. The molecule has 1 saturated carbocycles. The first-order chi connectivity index (χ1) is 10.5. The summed E-state index contributed by atoms with van der Waals surface area (Å²) < 4.78 is 4.34. The number of nitrogens with one attached hydrogen (secondary N) is 3. The Bertz CT molecular complexity index is 588. The van der Waals surface area contributed by atoms with E-state index in [1.54, 1.807) is 0 Å². The molecule has 2 atom stereocenters. The van der Waals surface area contributed by atoms with Gasteiger partial charge in [0.15, 0.2) is 0 Å². The Morgan fingerprint density at radius 1 is 1.45 bits per heavy atom. The van der Waals surface area contributed by atoms with Crippen molar-refractivity contribution in [1.29, 1.82) is 0 Å². The van der Waals surface area contributed by atoms with E-state index in [1.165, 1.54) is 11.5 Å². The molecule has 2 unspecified atom stereocenters. The molecule has 2 aliphatic rings. The van der Waals surface area contributed by atoms with Crippen LogP contribution in [0.4, 0.5) is 9.93 Å². The molecular weight excluding hydrogens is 302 g/mol. The number of hydrogen-bond acceptors (Lipinski definition) is 6. The van der Waals surface area contributed by atoms with Crippen molar-refractivity contribution in [2.45, 2.75) is 45.1 Å². The lowest BCUT2D eigenvalue weighted by Gasteiger charge is -2.27. The summed E-state index contributed by atoms with van der Waals surface area (Å²) in [5.41, 5.74) is -0.741. The largest absolute Gasteiger partial charge is 0.360 e. The molecule has 7 nitrogen and oxygen atoms in total. The maximum atomic E-state index is 12.1. The Morgan fingerprint density at radius 2 is 2.27 bits per heavy atom. The maximum absolute atomic E-state index is 12.1. The third-order valence-electron chi connectivity index (χ3n) is 4.35. The summed E-state index contributed by atoms with van der Waals surface area (Å²) in [5.74, 6) is 1.27. The molecule has 0 aromatic carbocycles. The number of aromatic nitrogens is 2. The number of carbonyl (C=O) groups is 2. The molecule has 120 valence electrons. The van der Waals surface area contributed by atoms with Crippen LogP contribution in [-0.2, 0) is 11.2 Å². The van der Waals surface area contributed by atoms with Gasteiger partial charge in [0.2, 0.25) is 5.13 Å². The third kappa shape index (κ3) is 2.79. The van der Waals surface area contributed by atoms with Crippen LogP contribution in [0.1, 0.15) is 38.9 Å². The molecule has 1 saturated heterocycles. The second-order valence-corrected chi connectivity index (χ2v) is 7.22. The Kier molecular flexibility index (Phi) is 4.03. The van der Waals surface area contributed by atoms with Crippen LogP contribution in [-0.4, -0.2) is 33.4 Å². The van der Waals surface area contributed by atoms with E-state index in [9.17, 15) is 9.59 Å². The van der Waals surface area contributed by atoms with Gasteiger partial charge in [-0.3, -0.25) is 10.1 Å². The van der Waals surface area contributed by atoms with Crippen LogP contribution in [0.3, 0.4) is 0 Å². The summed E-state index contributed by atoms with van der Waals surface area (Å²) in [4.78, 5) is 28.0. The fourth-order valence-electron chi connectivity index (χ4n) is 3.31. The summed E-state index contributed by atoms with van der Waals surface area (Å²) >= 11 is 1.35. The summed E-state index contributed by atoms with van der Waals surface area (Å²) in [6, 6.07) is -0.382. The van der Waals surface area contributed by atoms with E-state index in [4.69, 9.17) is 0 Å². The number of rotatable bonds is 5. The first-order valence-corrected chi connectivity index (χ1v) is 8.47.